The Morgan fingerprint density at radius 2 is 1.59 bits per heavy atom. The van der Waals surface area contributed by atoms with Crippen LogP contribution in [0.1, 0.15) is 5.56 Å². The molecule has 0 aliphatic rings. The van der Waals surface area contributed by atoms with E-state index >= 15 is 0 Å². The van der Waals surface area contributed by atoms with Crippen LogP contribution in [0, 0.1) is 0 Å². The van der Waals surface area contributed by atoms with Crippen LogP contribution in [0.2, 0.25) is 0 Å². The SMILES string of the molecule is COc1cc(/C=C/C(=O)Nc2ccc(OCC(F)(F)F)cc2)cc(OC)c1. The second-order valence-corrected chi connectivity index (χ2v) is 5.40. The molecule has 0 saturated heterocycles. The summed E-state index contributed by atoms with van der Waals surface area (Å²) < 4.78 is 51.2. The molecule has 0 radical (unpaired) electrons. The third-order valence-electron chi connectivity index (χ3n) is 3.33. The predicted octanol–water partition coefficient (Wildman–Crippen LogP) is 4.30. The number of ether oxygens (including phenoxy) is 3. The molecule has 2 aromatic rings. The van der Waals surface area contributed by atoms with Crippen LogP contribution in [-0.4, -0.2) is 32.9 Å². The largest absolute Gasteiger partial charge is 0.497 e. The summed E-state index contributed by atoms with van der Waals surface area (Å²) in [6, 6.07) is 10.8. The first-order valence-corrected chi connectivity index (χ1v) is 7.81. The van der Waals surface area contributed by atoms with Gasteiger partial charge in [0.05, 0.1) is 14.2 Å². The van der Waals surface area contributed by atoms with Crippen LogP contribution >= 0.6 is 0 Å². The number of anilines is 1. The van der Waals surface area contributed by atoms with Gasteiger partial charge in [-0.1, -0.05) is 0 Å². The Morgan fingerprint density at radius 3 is 2.11 bits per heavy atom. The summed E-state index contributed by atoms with van der Waals surface area (Å²) in [5.41, 5.74) is 1.13. The standard InChI is InChI=1S/C19H18F3NO4/c1-25-16-9-13(10-17(11-16)26-2)3-8-18(24)23-14-4-6-15(7-5-14)27-12-19(20,21)22/h3-11H,12H2,1-2H3,(H,23,24)/b8-3+. The van der Waals surface area contributed by atoms with Crippen LogP contribution in [-0.2, 0) is 4.79 Å². The lowest BCUT2D eigenvalue weighted by Gasteiger charge is -2.09. The summed E-state index contributed by atoms with van der Waals surface area (Å²) in [6.07, 6.45) is -1.50. The van der Waals surface area contributed by atoms with Gasteiger partial charge in [-0.15, -0.1) is 0 Å². The highest BCUT2D eigenvalue weighted by Crippen LogP contribution is 2.23. The molecule has 0 heterocycles. The van der Waals surface area contributed by atoms with E-state index in [1.54, 1.807) is 24.3 Å². The number of hydrogen-bond donors (Lipinski definition) is 1. The fourth-order valence-corrected chi connectivity index (χ4v) is 2.08. The molecular formula is C19H18F3NO4. The zero-order valence-corrected chi connectivity index (χ0v) is 14.7. The van der Waals surface area contributed by atoms with Crippen LogP contribution in [0.4, 0.5) is 18.9 Å². The van der Waals surface area contributed by atoms with Crippen LogP contribution in [0.3, 0.4) is 0 Å². The molecule has 2 rings (SSSR count). The average Bonchev–Trinajstić information content (AvgIpc) is 2.65. The summed E-state index contributed by atoms with van der Waals surface area (Å²) >= 11 is 0. The summed E-state index contributed by atoms with van der Waals surface area (Å²) in [6.45, 7) is -1.37. The van der Waals surface area contributed by atoms with Gasteiger partial charge < -0.3 is 19.5 Å². The molecule has 0 aliphatic heterocycles. The first kappa shape index (κ1) is 20.2. The number of methoxy groups -OCH3 is 2. The molecule has 0 aliphatic carbocycles. The van der Waals surface area contributed by atoms with Gasteiger partial charge in [0.15, 0.2) is 6.61 Å². The number of carbonyl (C=O) groups excluding carboxylic acids is 1. The first-order chi connectivity index (χ1) is 12.8. The van der Waals surface area contributed by atoms with Crippen molar-refractivity contribution in [3.05, 3.63) is 54.1 Å². The maximum Gasteiger partial charge on any atom is 0.422 e. The quantitative estimate of drug-likeness (QED) is 0.727. The number of amides is 1. The van der Waals surface area contributed by atoms with Crippen LogP contribution < -0.4 is 19.5 Å². The fourth-order valence-electron chi connectivity index (χ4n) is 2.08. The van der Waals surface area contributed by atoms with Crippen molar-refractivity contribution in [2.45, 2.75) is 6.18 Å². The predicted molar refractivity (Wildman–Crippen MR) is 95.2 cm³/mol. The van der Waals surface area contributed by atoms with E-state index in [1.807, 2.05) is 0 Å². The molecular weight excluding hydrogens is 363 g/mol. The number of halogens is 3. The minimum atomic E-state index is -4.40. The highest BCUT2D eigenvalue weighted by atomic mass is 19.4. The highest BCUT2D eigenvalue weighted by Gasteiger charge is 2.28. The number of carbonyl (C=O) groups is 1. The maximum atomic E-state index is 12.1. The lowest BCUT2D eigenvalue weighted by atomic mass is 10.2. The second-order valence-electron chi connectivity index (χ2n) is 5.40. The Hall–Kier alpha value is -3.16. The van der Waals surface area contributed by atoms with E-state index in [0.717, 1.165) is 0 Å². The van der Waals surface area contributed by atoms with Gasteiger partial charge in [-0.05, 0) is 48.0 Å². The van der Waals surface area contributed by atoms with E-state index < -0.39 is 18.7 Å². The molecule has 1 amide bonds. The second kappa shape index (κ2) is 8.98. The number of benzene rings is 2. The monoisotopic (exact) mass is 381 g/mol. The van der Waals surface area contributed by atoms with Gasteiger partial charge in [0.1, 0.15) is 17.2 Å². The van der Waals surface area contributed by atoms with E-state index in [0.29, 0.717) is 22.7 Å². The van der Waals surface area contributed by atoms with Gasteiger partial charge in [-0.2, -0.15) is 13.2 Å². The molecule has 144 valence electrons. The topological polar surface area (TPSA) is 56.8 Å². The summed E-state index contributed by atoms with van der Waals surface area (Å²) in [5, 5.41) is 2.60. The molecule has 2 aromatic carbocycles. The van der Waals surface area contributed by atoms with Gasteiger partial charge in [-0.3, -0.25) is 4.79 Å². The van der Waals surface area contributed by atoms with Crippen molar-refractivity contribution in [1.29, 1.82) is 0 Å². The number of rotatable bonds is 7. The molecule has 8 heteroatoms. The third-order valence-corrected chi connectivity index (χ3v) is 3.33. The smallest absolute Gasteiger partial charge is 0.422 e. The minimum absolute atomic E-state index is 0.0596. The molecule has 0 bridgehead atoms. The van der Waals surface area contributed by atoms with Gasteiger partial charge in [0, 0.05) is 17.8 Å². The van der Waals surface area contributed by atoms with Gasteiger partial charge in [0.25, 0.3) is 0 Å². The zero-order valence-electron chi connectivity index (χ0n) is 14.7. The minimum Gasteiger partial charge on any atom is -0.497 e. The van der Waals surface area contributed by atoms with Gasteiger partial charge >= 0.3 is 6.18 Å². The van der Waals surface area contributed by atoms with Gasteiger partial charge in [-0.25, -0.2) is 0 Å². The molecule has 0 fully saturated rings. The van der Waals surface area contributed by atoms with Gasteiger partial charge in [0.2, 0.25) is 5.91 Å². The van der Waals surface area contributed by atoms with E-state index in [-0.39, 0.29) is 5.75 Å². The van der Waals surface area contributed by atoms with Crippen molar-refractivity contribution >= 4 is 17.7 Å². The van der Waals surface area contributed by atoms with Crippen molar-refractivity contribution in [3.63, 3.8) is 0 Å². The fraction of sp³-hybridized carbons (Fsp3) is 0.211. The van der Waals surface area contributed by atoms with Crippen LogP contribution in [0.25, 0.3) is 6.08 Å². The van der Waals surface area contributed by atoms with E-state index in [2.05, 4.69) is 10.1 Å². The summed E-state index contributed by atoms with van der Waals surface area (Å²) in [5.74, 6) is 0.831. The molecule has 27 heavy (non-hydrogen) atoms. The molecule has 0 atom stereocenters. The van der Waals surface area contributed by atoms with E-state index in [4.69, 9.17) is 9.47 Å². The zero-order chi connectivity index (χ0) is 19.9. The molecule has 1 N–H and O–H groups in total. The van der Waals surface area contributed by atoms with Crippen LogP contribution in [0.15, 0.2) is 48.5 Å². The molecule has 0 spiro atoms. The van der Waals surface area contributed by atoms with Crippen molar-refractivity contribution in [3.8, 4) is 17.2 Å². The van der Waals surface area contributed by atoms with E-state index in [9.17, 15) is 18.0 Å². The Bertz CT molecular complexity index is 779. The third kappa shape index (κ3) is 6.93. The summed E-state index contributed by atoms with van der Waals surface area (Å²) in [4.78, 5) is 12.0. The van der Waals surface area contributed by atoms with Crippen molar-refractivity contribution in [1.82, 2.24) is 0 Å². The Kier molecular flexibility index (Phi) is 6.70. The highest BCUT2D eigenvalue weighted by molar-refractivity contribution is 6.02. The number of hydrogen-bond acceptors (Lipinski definition) is 4. The number of alkyl halides is 3. The Morgan fingerprint density at radius 1 is 1.00 bits per heavy atom. The normalized spacial score (nSPS) is 11.3. The molecule has 0 unspecified atom stereocenters. The molecule has 0 saturated carbocycles. The Labute approximate surface area is 154 Å². The number of nitrogens with one attached hydrogen (secondary N) is 1. The molecule has 0 aromatic heterocycles. The lowest BCUT2D eigenvalue weighted by molar-refractivity contribution is -0.153. The van der Waals surface area contributed by atoms with E-state index in [1.165, 1.54) is 44.6 Å². The molecule has 5 nitrogen and oxygen atoms in total. The van der Waals surface area contributed by atoms with Crippen LogP contribution in [0.5, 0.6) is 17.2 Å². The maximum absolute atomic E-state index is 12.1. The van der Waals surface area contributed by atoms with Crippen molar-refractivity contribution in [2.75, 3.05) is 26.1 Å². The lowest BCUT2D eigenvalue weighted by Crippen LogP contribution is -2.19. The first-order valence-electron chi connectivity index (χ1n) is 7.81. The Balaban J connectivity index is 1.96. The summed E-state index contributed by atoms with van der Waals surface area (Å²) in [7, 11) is 3.05. The average molecular weight is 381 g/mol. The van der Waals surface area contributed by atoms with Crippen molar-refractivity contribution < 1.29 is 32.2 Å². The van der Waals surface area contributed by atoms with Crippen molar-refractivity contribution in [2.24, 2.45) is 0 Å².